The van der Waals surface area contributed by atoms with Gasteiger partial charge in [0.05, 0.1) is 11.3 Å². The zero-order chi connectivity index (χ0) is 20.8. The minimum Gasteiger partial charge on any atom is -0.457 e. The highest BCUT2D eigenvalue weighted by atomic mass is 19.1. The van der Waals surface area contributed by atoms with Crippen molar-refractivity contribution in [3.05, 3.63) is 83.9 Å². The van der Waals surface area contributed by atoms with Gasteiger partial charge in [-0.1, -0.05) is 12.1 Å². The molecule has 0 fully saturated rings. The predicted octanol–water partition coefficient (Wildman–Crippen LogP) is 4.76. The summed E-state index contributed by atoms with van der Waals surface area (Å²) in [6.45, 7) is 0. The number of hydrogen-bond acceptors (Lipinski definition) is 3. The van der Waals surface area contributed by atoms with E-state index in [0.717, 1.165) is 6.07 Å². The van der Waals surface area contributed by atoms with Crippen molar-refractivity contribution in [2.75, 3.05) is 17.7 Å². The smallest absolute Gasteiger partial charge is 0.323 e. The van der Waals surface area contributed by atoms with Gasteiger partial charge in [-0.25, -0.2) is 13.6 Å². The standard InChI is InChI=1S/C21H17F2N3O3/c1-24-20(27)16-12-15(10-11-17(16)22)29-14-8-6-13(7-9-14)25-21(28)26-19-5-3-2-4-18(19)23/h2-12H,1H3,(H,24,27)(H2,25,26,28). The molecule has 0 saturated carbocycles. The van der Waals surface area contributed by atoms with Crippen LogP contribution in [-0.4, -0.2) is 19.0 Å². The monoisotopic (exact) mass is 397 g/mol. The Morgan fingerprint density at radius 1 is 0.828 bits per heavy atom. The minimum absolute atomic E-state index is 0.0631. The number of halogens is 2. The van der Waals surface area contributed by atoms with Crippen LogP contribution in [0.1, 0.15) is 10.4 Å². The molecule has 3 rings (SSSR count). The average Bonchev–Trinajstić information content (AvgIpc) is 2.72. The number of amides is 3. The van der Waals surface area contributed by atoms with Crippen molar-refractivity contribution in [3.63, 3.8) is 0 Å². The van der Waals surface area contributed by atoms with Gasteiger partial charge in [-0.05, 0) is 54.6 Å². The van der Waals surface area contributed by atoms with Gasteiger partial charge in [0, 0.05) is 12.7 Å². The van der Waals surface area contributed by atoms with Crippen molar-refractivity contribution in [1.29, 1.82) is 0 Å². The molecule has 0 atom stereocenters. The molecule has 0 saturated heterocycles. The molecule has 0 aliphatic heterocycles. The first-order valence-corrected chi connectivity index (χ1v) is 8.58. The summed E-state index contributed by atoms with van der Waals surface area (Å²) in [5.41, 5.74) is 0.387. The number of benzene rings is 3. The number of hydrogen-bond donors (Lipinski definition) is 3. The van der Waals surface area contributed by atoms with E-state index in [1.807, 2.05) is 0 Å². The van der Waals surface area contributed by atoms with Crippen LogP contribution in [-0.2, 0) is 0 Å². The highest BCUT2D eigenvalue weighted by Gasteiger charge is 2.12. The van der Waals surface area contributed by atoms with E-state index in [1.165, 1.54) is 37.4 Å². The van der Waals surface area contributed by atoms with Gasteiger partial charge in [-0.3, -0.25) is 4.79 Å². The van der Waals surface area contributed by atoms with E-state index in [2.05, 4.69) is 16.0 Å². The van der Waals surface area contributed by atoms with E-state index in [1.54, 1.807) is 30.3 Å². The largest absolute Gasteiger partial charge is 0.457 e. The molecule has 0 aromatic heterocycles. The molecule has 0 aliphatic carbocycles. The van der Waals surface area contributed by atoms with Crippen molar-refractivity contribution in [2.24, 2.45) is 0 Å². The Kier molecular flexibility index (Phi) is 6.03. The first-order valence-electron chi connectivity index (χ1n) is 8.58. The first-order chi connectivity index (χ1) is 14.0. The number of nitrogens with one attached hydrogen (secondary N) is 3. The third-order valence-corrected chi connectivity index (χ3v) is 3.88. The van der Waals surface area contributed by atoms with Crippen molar-refractivity contribution >= 4 is 23.3 Å². The van der Waals surface area contributed by atoms with Gasteiger partial charge in [-0.15, -0.1) is 0 Å². The lowest BCUT2D eigenvalue weighted by molar-refractivity contribution is 0.0958. The van der Waals surface area contributed by atoms with Crippen LogP contribution in [0.4, 0.5) is 25.0 Å². The fourth-order valence-corrected chi connectivity index (χ4v) is 2.47. The van der Waals surface area contributed by atoms with Crippen LogP contribution in [0.15, 0.2) is 66.7 Å². The third kappa shape index (κ3) is 5.07. The normalized spacial score (nSPS) is 10.2. The lowest BCUT2D eigenvalue weighted by Crippen LogP contribution is -2.20. The van der Waals surface area contributed by atoms with Gasteiger partial charge >= 0.3 is 6.03 Å². The fraction of sp³-hybridized carbons (Fsp3) is 0.0476. The summed E-state index contributed by atoms with van der Waals surface area (Å²) in [5.74, 6) is -1.06. The molecule has 0 spiro atoms. The van der Waals surface area contributed by atoms with Crippen LogP contribution in [0.2, 0.25) is 0 Å². The zero-order valence-corrected chi connectivity index (χ0v) is 15.3. The molecule has 3 aromatic carbocycles. The summed E-state index contributed by atoms with van der Waals surface area (Å²) in [6.07, 6.45) is 0. The molecule has 8 heteroatoms. The molecule has 0 bridgehead atoms. The zero-order valence-electron chi connectivity index (χ0n) is 15.3. The molecular formula is C21H17F2N3O3. The number of urea groups is 1. The second-order valence-electron chi connectivity index (χ2n) is 5.91. The maximum absolute atomic E-state index is 13.7. The number of carbonyl (C=O) groups excluding carboxylic acids is 2. The Balaban J connectivity index is 1.64. The van der Waals surface area contributed by atoms with Crippen LogP contribution in [0.3, 0.4) is 0 Å². The molecule has 0 aliphatic rings. The van der Waals surface area contributed by atoms with Crippen LogP contribution < -0.4 is 20.7 Å². The summed E-state index contributed by atoms with van der Waals surface area (Å²) < 4.78 is 32.9. The van der Waals surface area contributed by atoms with Gasteiger partial charge < -0.3 is 20.7 Å². The van der Waals surface area contributed by atoms with E-state index >= 15 is 0 Å². The summed E-state index contributed by atoms with van der Waals surface area (Å²) in [7, 11) is 1.41. The molecular weight excluding hydrogens is 380 g/mol. The fourth-order valence-electron chi connectivity index (χ4n) is 2.47. The second-order valence-corrected chi connectivity index (χ2v) is 5.91. The Bertz CT molecular complexity index is 1040. The van der Waals surface area contributed by atoms with Crippen molar-refractivity contribution in [1.82, 2.24) is 5.32 Å². The van der Waals surface area contributed by atoms with Gasteiger partial charge in [0.2, 0.25) is 0 Å². The summed E-state index contributed by atoms with van der Waals surface area (Å²) in [5, 5.41) is 7.34. The quantitative estimate of drug-likeness (QED) is 0.581. The van der Waals surface area contributed by atoms with E-state index < -0.39 is 23.6 Å². The third-order valence-electron chi connectivity index (χ3n) is 3.88. The molecule has 3 amide bonds. The lowest BCUT2D eigenvalue weighted by atomic mass is 10.2. The molecule has 3 N–H and O–H groups in total. The Morgan fingerprint density at radius 2 is 1.52 bits per heavy atom. The lowest BCUT2D eigenvalue weighted by Gasteiger charge is -2.10. The van der Waals surface area contributed by atoms with Gasteiger partial charge in [0.15, 0.2) is 0 Å². The summed E-state index contributed by atoms with van der Waals surface area (Å²) >= 11 is 0. The van der Waals surface area contributed by atoms with E-state index in [0.29, 0.717) is 11.4 Å². The van der Waals surface area contributed by atoms with Crippen molar-refractivity contribution in [2.45, 2.75) is 0 Å². The Labute approximate surface area is 165 Å². The van der Waals surface area contributed by atoms with Crippen molar-refractivity contribution < 1.29 is 23.1 Å². The Morgan fingerprint density at radius 3 is 2.21 bits per heavy atom. The molecule has 0 radical (unpaired) electrons. The number of anilines is 2. The minimum atomic E-state index is -0.655. The number of carbonyl (C=O) groups is 2. The van der Waals surface area contributed by atoms with Gasteiger partial charge in [0.25, 0.3) is 5.91 Å². The maximum atomic E-state index is 13.7. The number of ether oxygens (including phenoxy) is 1. The molecule has 148 valence electrons. The number of para-hydroxylation sites is 1. The predicted molar refractivity (Wildman–Crippen MR) is 105 cm³/mol. The molecule has 0 unspecified atom stereocenters. The van der Waals surface area contributed by atoms with Crippen LogP contribution in [0.5, 0.6) is 11.5 Å². The molecule has 3 aromatic rings. The molecule has 6 nitrogen and oxygen atoms in total. The second kappa shape index (κ2) is 8.83. The highest BCUT2D eigenvalue weighted by Crippen LogP contribution is 2.25. The summed E-state index contributed by atoms with van der Waals surface area (Å²) in [4.78, 5) is 23.6. The van der Waals surface area contributed by atoms with Crippen LogP contribution in [0.25, 0.3) is 0 Å². The SMILES string of the molecule is CNC(=O)c1cc(Oc2ccc(NC(=O)Nc3ccccc3F)cc2)ccc1F. The molecule has 29 heavy (non-hydrogen) atoms. The Hall–Kier alpha value is -3.94. The highest BCUT2D eigenvalue weighted by molar-refractivity contribution is 5.99. The topological polar surface area (TPSA) is 79.5 Å². The van der Waals surface area contributed by atoms with Gasteiger partial charge in [0.1, 0.15) is 23.1 Å². The average molecular weight is 397 g/mol. The van der Waals surface area contributed by atoms with Gasteiger partial charge in [-0.2, -0.15) is 0 Å². The van der Waals surface area contributed by atoms with Crippen LogP contribution in [0, 0.1) is 11.6 Å². The van der Waals surface area contributed by atoms with E-state index in [9.17, 15) is 18.4 Å². The van der Waals surface area contributed by atoms with E-state index in [-0.39, 0.29) is 17.0 Å². The van der Waals surface area contributed by atoms with E-state index in [4.69, 9.17) is 4.74 Å². The molecule has 0 heterocycles. The van der Waals surface area contributed by atoms with Crippen LogP contribution >= 0.6 is 0 Å². The number of rotatable bonds is 5. The van der Waals surface area contributed by atoms with Crippen molar-refractivity contribution in [3.8, 4) is 11.5 Å². The maximum Gasteiger partial charge on any atom is 0.323 e. The first kappa shape index (κ1) is 19.8. The summed E-state index contributed by atoms with van der Waals surface area (Å²) in [6, 6.07) is 15.4.